The lowest BCUT2D eigenvalue weighted by Crippen LogP contribution is -2.16. The number of hydrogen-bond donors (Lipinski definition) is 4. The summed E-state index contributed by atoms with van der Waals surface area (Å²) in [7, 11) is 0. The fourth-order valence-corrected chi connectivity index (χ4v) is 2.52. The number of thiophene rings is 1. The Kier molecular flexibility index (Phi) is 5.58. The number of ether oxygens (including phenoxy) is 1. The number of rotatable bonds is 8. The predicted octanol–water partition coefficient (Wildman–Crippen LogP) is 0.367. The third-order valence-electron chi connectivity index (χ3n) is 2.37. The highest BCUT2D eigenvalue weighted by atomic mass is 32.1. The van der Waals surface area contributed by atoms with Gasteiger partial charge in [-0.05, 0) is 13.3 Å². The number of nitrogen functional groups attached to an aromatic ring is 1. The van der Waals surface area contributed by atoms with Gasteiger partial charge in [0.05, 0.1) is 11.3 Å². The Hall–Kier alpha value is -1.80. The summed E-state index contributed by atoms with van der Waals surface area (Å²) in [4.78, 5) is 22.7. The van der Waals surface area contributed by atoms with Gasteiger partial charge < -0.3 is 27.3 Å². The first-order chi connectivity index (χ1) is 8.99. The molecule has 0 saturated heterocycles. The van der Waals surface area contributed by atoms with E-state index < -0.39 is 11.8 Å². The van der Waals surface area contributed by atoms with Crippen LogP contribution in [-0.4, -0.2) is 31.6 Å². The number of carbonyl (C=O) groups is 2. The quantitative estimate of drug-likeness (QED) is 0.512. The van der Waals surface area contributed by atoms with Gasteiger partial charge in [-0.25, -0.2) is 0 Å². The van der Waals surface area contributed by atoms with E-state index in [9.17, 15) is 9.59 Å². The molecule has 0 spiro atoms. The lowest BCUT2D eigenvalue weighted by atomic mass is 10.2. The van der Waals surface area contributed by atoms with Gasteiger partial charge in [0.1, 0.15) is 9.88 Å². The summed E-state index contributed by atoms with van der Waals surface area (Å²) in [5, 5.41) is 3.49. The van der Waals surface area contributed by atoms with Gasteiger partial charge in [-0.3, -0.25) is 9.59 Å². The van der Waals surface area contributed by atoms with Crippen molar-refractivity contribution in [1.82, 2.24) is 0 Å². The van der Waals surface area contributed by atoms with Crippen LogP contribution >= 0.6 is 11.3 Å². The molecular formula is C11H18N4O3S. The average molecular weight is 286 g/mol. The predicted molar refractivity (Wildman–Crippen MR) is 75.4 cm³/mol. The lowest BCUT2D eigenvalue weighted by molar-refractivity contribution is 0.0999. The van der Waals surface area contributed by atoms with Crippen molar-refractivity contribution in [1.29, 1.82) is 0 Å². The minimum Gasteiger partial charge on any atom is -0.397 e. The Bertz CT molecular complexity index is 473. The van der Waals surface area contributed by atoms with Gasteiger partial charge >= 0.3 is 0 Å². The monoisotopic (exact) mass is 286 g/mol. The van der Waals surface area contributed by atoms with Crippen molar-refractivity contribution < 1.29 is 14.3 Å². The average Bonchev–Trinajstić information content (AvgIpc) is 2.66. The maximum atomic E-state index is 11.3. The van der Waals surface area contributed by atoms with Crippen LogP contribution in [0.3, 0.4) is 0 Å². The summed E-state index contributed by atoms with van der Waals surface area (Å²) >= 11 is 1.03. The number of hydrogen-bond acceptors (Lipinski definition) is 6. The molecule has 1 rings (SSSR count). The maximum absolute atomic E-state index is 11.3. The third-order valence-corrected chi connectivity index (χ3v) is 3.55. The standard InChI is InChI=1S/C11H18N4O3S/c1-2-18-5-3-4-15-11-6(9(13)16)7(12)8(19-11)10(14)17/h15H,2-5,12H2,1H3,(H2,13,16)(H2,14,17). The molecule has 1 aromatic rings. The van der Waals surface area contributed by atoms with Gasteiger partial charge in [0, 0.05) is 19.8 Å². The van der Waals surface area contributed by atoms with Gasteiger partial charge in [-0.1, -0.05) is 0 Å². The number of amides is 2. The largest absolute Gasteiger partial charge is 0.397 e. The molecule has 0 radical (unpaired) electrons. The van der Waals surface area contributed by atoms with Gasteiger partial charge in [0.15, 0.2) is 0 Å². The summed E-state index contributed by atoms with van der Waals surface area (Å²) in [6, 6.07) is 0. The maximum Gasteiger partial charge on any atom is 0.260 e. The van der Waals surface area contributed by atoms with Gasteiger partial charge in [-0.2, -0.15) is 0 Å². The topological polar surface area (TPSA) is 133 Å². The van der Waals surface area contributed by atoms with Crippen molar-refractivity contribution in [3.05, 3.63) is 10.4 Å². The first kappa shape index (κ1) is 15.3. The highest BCUT2D eigenvalue weighted by Gasteiger charge is 2.22. The fourth-order valence-electron chi connectivity index (χ4n) is 1.52. The zero-order valence-corrected chi connectivity index (χ0v) is 11.5. The molecule has 7 N–H and O–H groups in total. The number of primary amides is 2. The van der Waals surface area contributed by atoms with E-state index in [-0.39, 0.29) is 16.1 Å². The van der Waals surface area contributed by atoms with Crippen LogP contribution < -0.4 is 22.5 Å². The molecule has 0 aliphatic heterocycles. The van der Waals surface area contributed by atoms with E-state index in [1.165, 1.54) is 0 Å². The van der Waals surface area contributed by atoms with Crippen LogP contribution in [0.25, 0.3) is 0 Å². The molecule has 1 aromatic heterocycles. The summed E-state index contributed by atoms with van der Waals surface area (Å²) < 4.78 is 5.19. The second kappa shape index (κ2) is 6.95. The molecule has 0 atom stereocenters. The van der Waals surface area contributed by atoms with Crippen LogP contribution in [0, 0.1) is 0 Å². The van der Waals surface area contributed by atoms with E-state index in [2.05, 4.69) is 5.32 Å². The SMILES string of the molecule is CCOCCCNc1sc(C(N)=O)c(N)c1C(N)=O. The number of carbonyl (C=O) groups excluding carboxylic acids is 2. The molecule has 106 valence electrons. The number of nitrogens with one attached hydrogen (secondary N) is 1. The molecule has 19 heavy (non-hydrogen) atoms. The van der Waals surface area contributed by atoms with E-state index in [4.69, 9.17) is 21.9 Å². The second-order valence-electron chi connectivity index (χ2n) is 3.75. The first-order valence-corrected chi connectivity index (χ1v) is 6.64. The molecule has 2 amide bonds. The van der Waals surface area contributed by atoms with Crippen LogP contribution in [0.5, 0.6) is 0 Å². The Morgan fingerprint density at radius 3 is 2.53 bits per heavy atom. The second-order valence-corrected chi connectivity index (χ2v) is 4.78. The van der Waals surface area contributed by atoms with Gasteiger partial charge in [0.25, 0.3) is 11.8 Å². The first-order valence-electron chi connectivity index (χ1n) is 5.82. The van der Waals surface area contributed by atoms with E-state index in [0.29, 0.717) is 24.8 Å². The summed E-state index contributed by atoms with van der Waals surface area (Å²) in [5.74, 6) is -1.36. The van der Waals surface area contributed by atoms with Crippen molar-refractivity contribution in [3.63, 3.8) is 0 Å². The lowest BCUT2D eigenvalue weighted by Gasteiger charge is -2.05. The summed E-state index contributed by atoms with van der Waals surface area (Å²) in [5.41, 5.74) is 16.3. The molecule has 0 saturated carbocycles. The van der Waals surface area contributed by atoms with Crippen LogP contribution in [0.4, 0.5) is 10.7 Å². The van der Waals surface area contributed by atoms with Crippen molar-refractivity contribution in [2.45, 2.75) is 13.3 Å². The van der Waals surface area contributed by atoms with Crippen LogP contribution in [0.2, 0.25) is 0 Å². The third kappa shape index (κ3) is 3.83. The van der Waals surface area contributed by atoms with E-state index in [1.807, 2.05) is 6.92 Å². The molecule has 0 aliphatic carbocycles. The summed E-state index contributed by atoms with van der Waals surface area (Å²) in [6.45, 7) is 3.76. The molecule has 0 fully saturated rings. The van der Waals surface area contributed by atoms with Gasteiger partial charge in [-0.15, -0.1) is 11.3 Å². The van der Waals surface area contributed by atoms with Crippen molar-refractivity contribution in [2.24, 2.45) is 11.5 Å². The molecule has 1 heterocycles. The highest BCUT2D eigenvalue weighted by molar-refractivity contribution is 7.19. The molecule has 0 bridgehead atoms. The van der Waals surface area contributed by atoms with Crippen molar-refractivity contribution >= 4 is 33.8 Å². The molecule has 0 unspecified atom stereocenters. The zero-order valence-electron chi connectivity index (χ0n) is 10.7. The van der Waals surface area contributed by atoms with Gasteiger partial charge in [0.2, 0.25) is 0 Å². The number of anilines is 2. The van der Waals surface area contributed by atoms with Crippen molar-refractivity contribution in [3.8, 4) is 0 Å². The minimum atomic E-state index is -0.687. The van der Waals surface area contributed by atoms with E-state index >= 15 is 0 Å². The minimum absolute atomic E-state index is 0.0392. The normalized spacial score (nSPS) is 10.4. The molecule has 0 aliphatic rings. The molecular weight excluding hydrogens is 268 g/mol. The number of nitrogens with two attached hydrogens (primary N) is 3. The highest BCUT2D eigenvalue weighted by Crippen LogP contribution is 2.35. The summed E-state index contributed by atoms with van der Waals surface area (Å²) in [6.07, 6.45) is 0.760. The Labute approximate surface area is 115 Å². The molecule has 8 heteroatoms. The Morgan fingerprint density at radius 2 is 2.00 bits per heavy atom. The Morgan fingerprint density at radius 1 is 1.32 bits per heavy atom. The zero-order chi connectivity index (χ0) is 14.4. The molecule has 0 aromatic carbocycles. The Balaban J connectivity index is 2.79. The molecule has 7 nitrogen and oxygen atoms in total. The van der Waals surface area contributed by atoms with Crippen LogP contribution in [0.15, 0.2) is 0 Å². The van der Waals surface area contributed by atoms with Crippen LogP contribution in [-0.2, 0) is 4.74 Å². The van der Waals surface area contributed by atoms with Crippen LogP contribution in [0.1, 0.15) is 33.4 Å². The smallest absolute Gasteiger partial charge is 0.260 e. The van der Waals surface area contributed by atoms with E-state index in [0.717, 1.165) is 17.8 Å². The fraction of sp³-hybridized carbons (Fsp3) is 0.455. The van der Waals surface area contributed by atoms with E-state index in [1.54, 1.807) is 0 Å². The van der Waals surface area contributed by atoms with Crippen molar-refractivity contribution in [2.75, 3.05) is 30.8 Å².